The van der Waals surface area contributed by atoms with Crippen molar-refractivity contribution >= 4 is 59.6 Å². The summed E-state index contributed by atoms with van der Waals surface area (Å²) in [6, 6.07) is 83.3. The summed E-state index contributed by atoms with van der Waals surface area (Å²) in [5, 5.41) is 2.55. The van der Waals surface area contributed by atoms with Crippen LogP contribution in [0.2, 0.25) is 0 Å². The van der Waals surface area contributed by atoms with E-state index < -0.39 is 0 Å². The molecule has 0 amide bonds. The normalized spacial score (nSPS) is 11.4. The van der Waals surface area contributed by atoms with Crippen molar-refractivity contribution in [3.05, 3.63) is 231 Å². The second-order valence-corrected chi connectivity index (χ2v) is 16.0. The number of hydrogen-bond donors (Lipinski definition) is 0. The number of nitrogens with zero attached hydrogens (tertiary/aromatic N) is 2. The Balaban J connectivity index is 1.04. The van der Waals surface area contributed by atoms with Crippen LogP contribution in [0, 0.1) is 0 Å². The molecule has 0 saturated carbocycles. The maximum absolute atomic E-state index is 2.44. The van der Waals surface area contributed by atoms with Crippen molar-refractivity contribution in [2.45, 2.75) is 0 Å². The van der Waals surface area contributed by atoms with E-state index in [1.165, 1.54) is 81.4 Å². The van der Waals surface area contributed by atoms with Gasteiger partial charge in [-0.3, -0.25) is 0 Å². The molecular formula is C56H38N2S. The molecule has 11 rings (SSSR count). The van der Waals surface area contributed by atoms with Crippen LogP contribution in [0.1, 0.15) is 0 Å². The van der Waals surface area contributed by atoms with Gasteiger partial charge in [-0.25, -0.2) is 0 Å². The van der Waals surface area contributed by atoms with Crippen LogP contribution in [0.4, 0.5) is 17.1 Å². The first-order valence-electron chi connectivity index (χ1n) is 20.1. The Morgan fingerprint density at radius 1 is 0.322 bits per heavy atom. The molecule has 2 aromatic heterocycles. The zero-order valence-corrected chi connectivity index (χ0v) is 33.1. The minimum Gasteiger partial charge on any atom is -0.310 e. The molecule has 0 N–H and O–H groups in total. The van der Waals surface area contributed by atoms with Crippen molar-refractivity contribution in [2.75, 3.05) is 4.90 Å². The van der Waals surface area contributed by atoms with Crippen LogP contribution in [0.15, 0.2) is 231 Å². The fourth-order valence-electron chi connectivity index (χ4n) is 8.57. The highest BCUT2D eigenvalue weighted by atomic mass is 32.1. The minimum absolute atomic E-state index is 1.10. The Kier molecular flexibility index (Phi) is 8.72. The van der Waals surface area contributed by atoms with Crippen LogP contribution < -0.4 is 4.90 Å². The molecule has 3 heteroatoms. The Labute approximate surface area is 348 Å². The predicted molar refractivity (Wildman–Crippen MR) is 253 cm³/mol. The zero-order chi connectivity index (χ0) is 39.1. The van der Waals surface area contributed by atoms with Gasteiger partial charge < -0.3 is 9.47 Å². The molecule has 0 radical (unpaired) electrons. The van der Waals surface area contributed by atoms with Crippen LogP contribution in [-0.2, 0) is 0 Å². The van der Waals surface area contributed by atoms with Gasteiger partial charge in [0.05, 0.1) is 15.7 Å². The van der Waals surface area contributed by atoms with E-state index >= 15 is 0 Å². The number of fused-ring (bicyclic) bond motifs is 5. The summed E-state index contributed by atoms with van der Waals surface area (Å²) >= 11 is 1.90. The summed E-state index contributed by atoms with van der Waals surface area (Å²) in [5.74, 6) is 0. The quantitative estimate of drug-likeness (QED) is 0.149. The monoisotopic (exact) mass is 770 g/mol. The molecule has 0 saturated heterocycles. The minimum atomic E-state index is 1.10. The SMILES string of the molecule is c1ccc(-c2ccc(-c3cccc(N(c4ccc(-c5ccccc5)cc4)c4cccc(-c5cccc6c5sc5c7ccccc7n(-c7ccccc7)c65)c4)c3)cc2)cc1. The van der Waals surface area contributed by atoms with Crippen molar-refractivity contribution < 1.29 is 0 Å². The fraction of sp³-hybridized carbons (Fsp3) is 0. The molecule has 11 aromatic rings. The number of para-hydroxylation sites is 2. The van der Waals surface area contributed by atoms with E-state index in [1.807, 2.05) is 11.3 Å². The van der Waals surface area contributed by atoms with E-state index in [4.69, 9.17) is 0 Å². The van der Waals surface area contributed by atoms with Crippen molar-refractivity contribution in [1.29, 1.82) is 0 Å². The first-order valence-corrected chi connectivity index (χ1v) is 20.9. The Morgan fingerprint density at radius 2 is 0.797 bits per heavy atom. The highest BCUT2D eigenvalue weighted by Crippen LogP contribution is 2.46. The van der Waals surface area contributed by atoms with Gasteiger partial charge in [0.2, 0.25) is 0 Å². The van der Waals surface area contributed by atoms with E-state index in [2.05, 4.69) is 240 Å². The molecule has 0 aliphatic carbocycles. The van der Waals surface area contributed by atoms with Crippen molar-refractivity contribution in [3.8, 4) is 50.2 Å². The first-order chi connectivity index (χ1) is 29.3. The summed E-state index contributed by atoms with van der Waals surface area (Å²) in [4.78, 5) is 2.39. The molecule has 0 aliphatic rings. The molecule has 0 bridgehead atoms. The second kappa shape index (κ2) is 14.8. The number of rotatable bonds is 8. The molecule has 2 heterocycles. The van der Waals surface area contributed by atoms with Crippen LogP contribution in [0.25, 0.3) is 81.4 Å². The third kappa shape index (κ3) is 6.29. The third-order valence-electron chi connectivity index (χ3n) is 11.4. The molecule has 9 aromatic carbocycles. The lowest BCUT2D eigenvalue weighted by Crippen LogP contribution is -2.10. The van der Waals surface area contributed by atoms with Crippen LogP contribution in [0.3, 0.4) is 0 Å². The molecule has 278 valence electrons. The molecule has 0 spiro atoms. The maximum atomic E-state index is 2.44. The molecule has 0 fully saturated rings. The number of aromatic nitrogens is 1. The van der Waals surface area contributed by atoms with Gasteiger partial charge in [-0.1, -0.05) is 176 Å². The van der Waals surface area contributed by atoms with Gasteiger partial charge in [0.15, 0.2) is 0 Å². The predicted octanol–water partition coefficient (Wildman–Crippen LogP) is 16.1. The highest BCUT2D eigenvalue weighted by molar-refractivity contribution is 7.27. The van der Waals surface area contributed by atoms with Crippen LogP contribution in [-0.4, -0.2) is 4.57 Å². The van der Waals surface area contributed by atoms with Crippen molar-refractivity contribution in [3.63, 3.8) is 0 Å². The zero-order valence-electron chi connectivity index (χ0n) is 32.2. The van der Waals surface area contributed by atoms with Gasteiger partial charge in [0.25, 0.3) is 0 Å². The molecule has 0 unspecified atom stereocenters. The number of thiophene rings is 1. The summed E-state index contributed by atoms with van der Waals surface area (Å²) in [6.07, 6.45) is 0. The number of benzene rings is 9. The third-order valence-corrected chi connectivity index (χ3v) is 12.7. The summed E-state index contributed by atoms with van der Waals surface area (Å²) in [6.45, 7) is 0. The van der Waals surface area contributed by atoms with Crippen molar-refractivity contribution in [2.24, 2.45) is 0 Å². The highest BCUT2D eigenvalue weighted by Gasteiger charge is 2.21. The fourth-order valence-corrected chi connectivity index (χ4v) is 9.92. The van der Waals surface area contributed by atoms with Gasteiger partial charge in [0, 0.05) is 38.2 Å². The maximum Gasteiger partial charge on any atom is 0.0727 e. The van der Waals surface area contributed by atoms with E-state index in [-0.39, 0.29) is 0 Å². The molecule has 59 heavy (non-hydrogen) atoms. The van der Waals surface area contributed by atoms with Gasteiger partial charge in [0.1, 0.15) is 0 Å². The molecular weight excluding hydrogens is 733 g/mol. The van der Waals surface area contributed by atoms with Gasteiger partial charge in [-0.05, 0) is 99.1 Å². The van der Waals surface area contributed by atoms with Gasteiger partial charge in [-0.2, -0.15) is 0 Å². The lowest BCUT2D eigenvalue weighted by molar-refractivity contribution is 1.19. The Bertz CT molecular complexity index is 3240. The van der Waals surface area contributed by atoms with Crippen molar-refractivity contribution in [1.82, 2.24) is 4.57 Å². The van der Waals surface area contributed by atoms with E-state index in [0.717, 1.165) is 17.1 Å². The van der Waals surface area contributed by atoms with Crippen LogP contribution >= 0.6 is 11.3 Å². The molecule has 0 aliphatic heterocycles. The molecule has 0 atom stereocenters. The number of anilines is 3. The lowest BCUT2D eigenvalue weighted by atomic mass is 9.99. The van der Waals surface area contributed by atoms with Gasteiger partial charge >= 0.3 is 0 Å². The summed E-state index contributed by atoms with van der Waals surface area (Å²) in [7, 11) is 0. The van der Waals surface area contributed by atoms with E-state index in [1.54, 1.807) is 0 Å². The average molecular weight is 771 g/mol. The number of hydrogen-bond acceptors (Lipinski definition) is 2. The molecule has 2 nitrogen and oxygen atoms in total. The largest absolute Gasteiger partial charge is 0.310 e. The van der Waals surface area contributed by atoms with Crippen LogP contribution in [0.5, 0.6) is 0 Å². The summed E-state index contributed by atoms with van der Waals surface area (Å²) in [5.41, 5.74) is 16.6. The van der Waals surface area contributed by atoms with E-state index in [9.17, 15) is 0 Å². The summed E-state index contributed by atoms with van der Waals surface area (Å²) < 4.78 is 5.05. The topological polar surface area (TPSA) is 8.17 Å². The van der Waals surface area contributed by atoms with E-state index in [0.29, 0.717) is 0 Å². The standard InChI is InChI=1S/C56H38N2S/c1-4-15-39(16-5-1)41-29-31-43(32-30-41)44-19-12-23-48(37-44)57(47-35-33-42(34-36-47)40-17-6-2-7-18-40)49-24-13-20-45(38-49)50-26-14-27-52-54-56(59-55(50)52)51-25-10-11-28-53(51)58(54)46-21-8-3-9-22-46/h1-38H. The second-order valence-electron chi connectivity index (χ2n) is 14.9. The Morgan fingerprint density at radius 3 is 1.46 bits per heavy atom. The lowest BCUT2D eigenvalue weighted by Gasteiger charge is -2.27. The smallest absolute Gasteiger partial charge is 0.0727 e. The van der Waals surface area contributed by atoms with Gasteiger partial charge in [-0.15, -0.1) is 11.3 Å². The Hall–Kier alpha value is -7.46. The first kappa shape index (κ1) is 34.8. The average Bonchev–Trinajstić information content (AvgIpc) is 3.86.